The lowest BCUT2D eigenvalue weighted by Crippen LogP contribution is -1.98. The van der Waals surface area contributed by atoms with Gasteiger partial charge in [0.2, 0.25) is 0 Å². The van der Waals surface area contributed by atoms with Gasteiger partial charge in [0.15, 0.2) is 0 Å². The number of carboxylic acid groups (broad SMARTS) is 1. The third kappa shape index (κ3) is 3.05. The molecule has 5 heteroatoms. The van der Waals surface area contributed by atoms with E-state index in [1.54, 1.807) is 18.2 Å². The minimum atomic E-state index is -0.890. The first kappa shape index (κ1) is 11.1. The minimum Gasteiger partial charge on any atom is -0.481 e. The first-order valence-corrected chi connectivity index (χ1v) is 5.45. The molecule has 0 aliphatic heterocycles. The van der Waals surface area contributed by atoms with Crippen LogP contribution < -0.4 is 0 Å². The van der Waals surface area contributed by atoms with E-state index in [-0.39, 0.29) is 5.75 Å². The molecule has 3 nitrogen and oxygen atoms in total. The van der Waals surface area contributed by atoms with Crippen molar-refractivity contribution in [3.63, 3.8) is 0 Å². The van der Waals surface area contributed by atoms with Gasteiger partial charge < -0.3 is 5.11 Å². The molecule has 72 valence electrons. The fraction of sp³-hybridized carbons (Fsp3) is 0.111. The zero-order chi connectivity index (χ0) is 10.6. The third-order valence-corrected chi connectivity index (χ3v) is 2.95. The van der Waals surface area contributed by atoms with E-state index in [0.717, 1.165) is 16.2 Å². The van der Waals surface area contributed by atoms with Crippen LogP contribution in [0.4, 0.5) is 0 Å². The number of nitriles is 1. The van der Waals surface area contributed by atoms with Crippen LogP contribution in [-0.4, -0.2) is 16.8 Å². The standard InChI is InChI=1S/C9H6BrNO2S/c10-7-2-1-6(4-11)8(3-7)14-5-9(12)13/h1-3H,5H2,(H,12,13). The highest BCUT2D eigenvalue weighted by Crippen LogP contribution is 2.25. The molecule has 1 aromatic carbocycles. The van der Waals surface area contributed by atoms with E-state index in [4.69, 9.17) is 10.4 Å². The summed E-state index contributed by atoms with van der Waals surface area (Å²) in [6.45, 7) is 0. The molecule has 14 heavy (non-hydrogen) atoms. The third-order valence-electron chi connectivity index (χ3n) is 1.42. The van der Waals surface area contributed by atoms with Gasteiger partial charge in [0.05, 0.1) is 11.3 Å². The fourth-order valence-corrected chi connectivity index (χ4v) is 2.12. The normalized spacial score (nSPS) is 9.43. The van der Waals surface area contributed by atoms with Gasteiger partial charge in [-0.3, -0.25) is 4.79 Å². The van der Waals surface area contributed by atoms with Gasteiger partial charge in [0.1, 0.15) is 6.07 Å². The van der Waals surface area contributed by atoms with Gasteiger partial charge in [0, 0.05) is 9.37 Å². The highest BCUT2D eigenvalue weighted by atomic mass is 79.9. The SMILES string of the molecule is N#Cc1ccc(Br)cc1SCC(=O)O. The summed E-state index contributed by atoms with van der Waals surface area (Å²) in [5.74, 6) is -0.927. The van der Waals surface area contributed by atoms with Crippen LogP contribution >= 0.6 is 27.7 Å². The van der Waals surface area contributed by atoms with Crippen molar-refractivity contribution in [2.75, 3.05) is 5.75 Å². The Morgan fingerprint density at radius 3 is 2.93 bits per heavy atom. The summed E-state index contributed by atoms with van der Waals surface area (Å²) in [7, 11) is 0. The number of benzene rings is 1. The van der Waals surface area contributed by atoms with Crippen molar-refractivity contribution in [2.24, 2.45) is 0 Å². The van der Waals surface area contributed by atoms with Crippen molar-refractivity contribution in [1.29, 1.82) is 5.26 Å². The maximum absolute atomic E-state index is 10.3. The zero-order valence-corrected chi connectivity index (χ0v) is 9.43. The molecule has 1 aromatic rings. The van der Waals surface area contributed by atoms with Gasteiger partial charge in [0.25, 0.3) is 0 Å². The summed E-state index contributed by atoms with van der Waals surface area (Å²) >= 11 is 4.40. The van der Waals surface area contributed by atoms with Gasteiger partial charge in [-0.05, 0) is 18.2 Å². The lowest BCUT2D eigenvalue weighted by molar-refractivity contribution is -0.133. The van der Waals surface area contributed by atoms with E-state index in [9.17, 15) is 4.79 Å². The van der Waals surface area contributed by atoms with E-state index >= 15 is 0 Å². The first-order chi connectivity index (χ1) is 6.63. The molecule has 0 spiro atoms. The smallest absolute Gasteiger partial charge is 0.313 e. The highest BCUT2D eigenvalue weighted by Gasteiger charge is 2.05. The van der Waals surface area contributed by atoms with Crippen LogP contribution in [0.15, 0.2) is 27.6 Å². The molecular weight excluding hydrogens is 266 g/mol. The molecule has 0 radical (unpaired) electrons. The number of carboxylic acids is 1. The second-order valence-corrected chi connectivity index (χ2v) is 4.37. The Morgan fingerprint density at radius 2 is 2.36 bits per heavy atom. The van der Waals surface area contributed by atoms with Crippen LogP contribution in [0.3, 0.4) is 0 Å². The van der Waals surface area contributed by atoms with Gasteiger partial charge in [-0.25, -0.2) is 0 Å². The van der Waals surface area contributed by atoms with Crippen molar-refractivity contribution in [1.82, 2.24) is 0 Å². The Balaban J connectivity index is 2.89. The van der Waals surface area contributed by atoms with Gasteiger partial charge >= 0.3 is 5.97 Å². The van der Waals surface area contributed by atoms with Crippen LogP contribution in [0, 0.1) is 11.3 Å². The summed E-state index contributed by atoms with van der Waals surface area (Å²) < 4.78 is 0.837. The number of rotatable bonds is 3. The predicted molar refractivity (Wildman–Crippen MR) is 57.2 cm³/mol. The number of hydrogen-bond donors (Lipinski definition) is 1. The van der Waals surface area contributed by atoms with E-state index in [0.29, 0.717) is 10.5 Å². The number of hydrogen-bond acceptors (Lipinski definition) is 3. The van der Waals surface area contributed by atoms with Crippen LogP contribution in [0.5, 0.6) is 0 Å². The monoisotopic (exact) mass is 271 g/mol. The molecule has 0 unspecified atom stereocenters. The highest BCUT2D eigenvalue weighted by molar-refractivity contribution is 9.10. The predicted octanol–water partition coefficient (Wildman–Crippen LogP) is 2.50. The maximum atomic E-state index is 10.3. The molecule has 0 amide bonds. The quantitative estimate of drug-likeness (QED) is 0.859. The van der Waals surface area contributed by atoms with Gasteiger partial charge in [-0.1, -0.05) is 15.9 Å². The average molecular weight is 272 g/mol. The van der Waals surface area contributed by atoms with Crippen molar-refractivity contribution >= 4 is 33.7 Å². The number of aliphatic carboxylic acids is 1. The molecule has 0 aromatic heterocycles. The van der Waals surface area contributed by atoms with E-state index in [2.05, 4.69) is 15.9 Å². The molecule has 0 aliphatic carbocycles. The summed E-state index contributed by atoms with van der Waals surface area (Å²) in [4.78, 5) is 11.0. The number of carbonyl (C=O) groups is 1. The lowest BCUT2D eigenvalue weighted by Gasteiger charge is -2.01. The lowest BCUT2D eigenvalue weighted by atomic mass is 10.2. The molecule has 0 aliphatic rings. The molecule has 0 atom stereocenters. The number of thioether (sulfide) groups is 1. The molecular formula is C9H6BrNO2S. The average Bonchev–Trinajstić information content (AvgIpc) is 2.15. The van der Waals surface area contributed by atoms with Crippen LogP contribution in [-0.2, 0) is 4.79 Å². The summed E-state index contributed by atoms with van der Waals surface area (Å²) in [5.41, 5.74) is 0.499. The van der Waals surface area contributed by atoms with E-state index in [1.165, 1.54) is 0 Å². The van der Waals surface area contributed by atoms with Crippen LogP contribution in [0.1, 0.15) is 5.56 Å². The molecule has 1 N–H and O–H groups in total. The molecule has 0 saturated carbocycles. The topological polar surface area (TPSA) is 61.1 Å². The van der Waals surface area contributed by atoms with E-state index < -0.39 is 5.97 Å². The van der Waals surface area contributed by atoms with Crippen molar-refractivity contribution in [3.05, 3.63) is 28.2 Å². The summed E-state index contributed by atoms with van der Waals surface area (Å²) in [6, 6.07) is 7.17. The summed E-state index contributed by atoms with van der Waals surface area (Å²) in [5, 5.41) is 17.2. The molecule has 0 saturated heterocycles. The fourth-order valence-electron chi connectivity index (χ4n) is 0.847. The summed E-state index contributed by atoms with van der Waals surface area (Å²) in [6.07, 6.45) is 0. The maximum Gasteiger partial charge on any atom is 0.313 e. The Bertz CT molecular complexity index is 400. The van der Waals surface area contributed by atoms with E-state index in [1.807, 2.05) is 6.07 Å². The molecule has 0 heterocycles. The van der Waals surface area contributed by atoms with Crippen molar-refractivity contribution < 1.29 is 9.90 Å². The second-order valence-electron chi connectivity index (χ2n) is 2.43. The zero-order valence-electron chi connectivity index (χ0n) is 7.03. The van der Waals surface area contributed by atoms with Crippen LogP contribution in [0.2, 0.25) is 0 Å². The van der Waals surface area contributed by atoms with Gasteiger partial charge in [-0.15, -0.1) is 11.8 Å². The Kier molecular flexibility index (Phi) is 3.98. The van der Waals surface area contributed by atoms with Crippen LogP contribution in [0.25, 0.3) is 0 Å². The van der Waals surface area contributed by atoms with Crippen molar-refractivity contribution in [2.45, 2.75) is 4.90 Å². The molecule has 0 bridgehead atoms. The van der Waals surface area contributed by atoms with Gasteiger partial charge in [-0.2, -0.15) is 5.26 Å². The molecule has 0 fully saturated rings. The number of halogens is 1. The molecule has 1 rings (SSSR count). The Morgan fingerprint density at radius 1 is 1.64 bits per heavy atom. The minimum absolute atomic E-state index is 0.0366. The Hall–Kier alpha value is -0.990. The number of nitrogens with zero attached hydrogens (tertiary/aromatic N) is 1. The second kappa shape index (κ2) is 5.03. The Labute approximate surface area is 93.9 Å². The van der Waals surface area contributed by atoms with Crippen molar-refractivity contribution in [3.8, 4) is 6.07 Å². The first-order valence-electron chi connectivity index (χ1n) is 3.67. The largest absolute Gasteiger partial charge is 0.481 e.